The molecule has 0 fully saturated rings. The Balaban J connectivity index is 2.29. The highest BCUT2D eigenvalue weighted by molar-refractivity contribution is 9.10. The van der Waals surface area contributed by atoms with E-state index < -0.39 is 5.91 Å². The molecule has 1 aromatic heterocycles. The summed E-state index contributed by atoms with van der Waals surface area (Å²) < 4.78 is 2.22. The molecule has 0 spiro atoms. The summed E-state index contributed by atoms with van der Waals surface area (Å²) in [5.74, 6) is -0.447. The van der Waals surface area contributed by atoms with Crippen LogP contribution in [-0.4, -0.2) is 15.7 Å². The third-order valence-corrected chi connectivity index (χ3v) is 2.92. The molecule has 1 amide bonds. The molecule has 96 valence electrons. The Labute approximate surface area is 118 Å². The van der Waals surface area contributed by atoms with Gasteiger partial charge in [0.05, 0.1) is 16.9 Å². The van der Waals surface area contributed by atoms with Crippen LogP contribution in [0.2, 0.25) is 0 Å². The van der Waals surface area contributed by atoms with Gasteiger partial charge in [-0.3, -0.25) is 9.48 Å². The van der Waals surface area contributed by atoms with Crippen molar-refractivity contribution in [3.63, 3.8) is 0 Å². The standard InChI is InChI=1S/C12H10BrN5O/c1-18-6-9(15)11(17-18)12(19)16-10-3-2-8(13)4-7(10)5-14/h2-4,6H,15H2,1H3,(H,16,19). The first-order valence-corrected chi connectivity index (χ1v) is 6.10. The van der Waals surface area contributed by atoms with Crippen LogP contribution in [-0.2, 0) is 7.05 Å². The summed E-state index contributed by atoms with van der Waals surface area (Å²) in [6.07, 6.45) is 1.54. The third kappa shape index (κ3) is 2.74. The van der Waals surface area contributed by atoms with E-state index in [-0.39, 0.29) is 11.4 Å². The Morgan fingerprint density at radius 2 is 2.32 bits per heavy atom. The van der Waals surface area contributed by atoms with E-state index in [1.807, 2.05) is 6.07 Å². The normalized spacial score (nSPS) is 9.95. The summed E-state index contributed by atoms with van der Waals surface area (Å²) in [7, 11) is 1.67. The number of anilines is 2. The topological polar surface area (TPSA) is 96.7 Å². The number of aromatic nitrogens is 2. The van der Waals surface area contributed by atoms with Crippen LogP contribution in [0.1, 0.15) is 16.1 Å². The van der Waals surface area contributed by atoms with Crippen molar-refractivity contribution < 1.29 is 4.79 Å². The number of aryl methyl sites for hydroxylation is 1. The van der Waals surface area contributed by atoms with Crippen LogP contribution in [0.25, 0.3) is 0 Å². The summed E-state index contributed by atoms with van der Waals surface area (Å²) >= 11 is 3.26. The van der Waals surface area contributed by atoms with Crippen LogP contribution in [0.3, 0.4) is 0 Å². The lowest BCUT2D eigenvalue weighted by Crippen LogP contribution is -2.15. The highest BCUT2D eigenvalue weighted by atomic mass is 79.9. The van der Waals surface area contributed by atoms with Crippen molar-refractivity contribution in [2.45, 2.75) is 0 Å². The van der Waals surface area contributed by atoms with Gasteiger partial charge in [-0.25, -0.2) is 0 Å². The Hall–Kier alpha value is -2.33. The molecule has 2 aromatic rings. The van der Waals surface area contributed by atoms with E-state index in [9.17, 15) is 4.79 Å². The lowest BCUT2D eigenvalue weighted by atomic mass is 10.2. The molecule has 0 radical (unpaired) electrons. The van der Waals surface area contributed by atoms with Gasteiger partial charge in [-0.05, 0) is 18.2 Å². The van der Waals surface area contributed by atoms with Crippen molar-refractivity contribution in [1.82, 2.24) is 9.78 Å². The quantitative estimate of drug-likeness (QED) is 0.883. The lowest BCUT2D eigenvalue weighted by Gasteiger charge is -2.06. The second-order valence-corrected chi connectivity index (χ2v) is 4.78. The Kier molecular flexibility index (Phi) is 3.53. The van der Waals surface area contributed by atoms with E-state index in [2.05, 4.69) is 26.3 Å². The number of hydrogen-bond acceptors (Lipinski definition) is 4. The Morgan fingerprint density at radius 3 is 2.89 bits per heavy atom. The predicted molar refractivity (Wildman–Crippen MR) is 74.4 cm³/mol. The molecule has 0 bridgehead atoms. The molecule has 1 aromatic carbocycles. The van der Waals surface area contributed by atoms with Crippen molar-refractivity contribution in [2.24, 2.45) is 7.05 Å². The molecule has 0 unspecified atom stereocenters. The summed E-state index contributed by atoms with van der Waals surface area (Å²) in [5.41, 5.74) is 6.87. The highest BCUT2D eigenvalue weighted by Crippen LogP contribution is 2.21. The Bertz CT molecular complexity index is 686. The molecular weight excluding hydrogens is 310 g/mol. The van der Waals surface area contributed by atoms with Gasteiger partial charge in [-0.15, -0.1) is 0 Å². The van der Waals surface area contributed by atoms with E-state index >= 15 is 0 Å². The van der Waals surface area contributed by atoms with Crippen molar-refractivity contribution in [2.75, 3.05) is 11.1 Å². The molecule has 0 aliphatic heterocycles. The third-order valence-electron chi connectivity index (χ3n) is 2.42. The maximum absolute atomic E-state index is 12.0. The summed E-state index contributed by atoms with van der Waals surface area (Å²) in [4.78, 5) is 12.0. The van der Waals surface area contributed by atoms with E-state index in [1.54, 1.807) is 31.4 Å². The number of nitrogens with zero attached hydrogens (tertiary/aromatic N) is 3. The predicted octanol–water partition coefficient (Wildman–Crippen LogP) is 1.89. The zero-order valence-corrected chi connectivity index (χ0v) is 11.6. The number of nitrogens with one attached hydrogen (secondary N) is 1. The van der Waals surface area contributed by atoms with E-state index in [4.69, 9.17) is 11.0 Å². The average molecular weight is 320 g/mol. The van der Waals surface area contributed by atoms with Gasteiger partial charge >= 0.3 is 0 Å². The van der Waals surface area contributed by atoms with Gasteiger partial charge < -0.3 is 11.1 Å². The molecule has 19 heavy (non-hydrogen) atoms. The molecule has 7 heteroatoms. The Morgan fingerprint density at radius 1 is 1.58 bits per heavy atom. The van der Waals surface area contributed by atoms with Gasteiger partial charge in [0.15, 0.2) is 5.69 Å². The average Bonchev–Trinajstić information content (AvgIpc) is 2.70. The monoisotopic (exact) mass is 319 g/mol. The summed E-state index contributed by atoms with van der Waals surface area (Å²) in [6.45, 7) is 0. The molecule has 0 aliphatic rings. The summed E-state index contributed by atoms with van der Waals surface area (Å²) in [6, 6.07) is 7.01. The number of nitrogens with two attached hydrogens (primary N) is 1. The molecule has 1 heterocycles. The second kappa shape index (κ2) is 5.12. The first-order valence-electron chi connectivity index (χ1n) is 5.31. The zero-order valence-electron chi connectivity index (χ0n) is 10.0. The molecule has 0 aliphatic carbocycles. The van der Waals surface area contributed by atoms with Crippen LogP contribution in [0.4, 0.5) is 11.4 Å². The molecular formula is C12H10BrN5O. The van der Waals surface area contributed by atoms with E-state index in [1.165, 1.54) is 4.68 Å². The van der Waals surface area contributed by atoms with Crippen LogP contribution < -0.4 is 11.1 Å². The highest BCUT2D eigenvalue weighted by Gasteiger charge is 2.15. The first kappa shape index (κ1) is 13.1. The van der Waals surface area contributed by atoms with Gasteiger partial charge in [0.1, 0.15) is 6.07 Å². The van der Waals surface area contributed by atoms with Crippen LogP contribution in [0.5, 0.6) is 0 Å². The van der Waals surface area contributed by atoms with E-state index in [0.717, 1.165) is 4.47 Å². The largest absolute Gasteiger partial charge is 0.396 e. The fraction of sp³-hybridized carbons (Fsp3) is 0.0833. The minimum atomic E-state index is -0.447. The van der Waals surface area contributed by atoms with Crippen molar-refractivity contribution in [1.29, 1.82) is 5.26 Å². The molecule has 0 saturated carbocycles. The lowest BCUT2D eigenvalue weighted by molar-refractivity contribution is 0.102. The number of benzene rings is 1. The van der Waals surface area contributed by atoms with Gasteiger partial charge in [0, 0.05) is 17.7 Å². The maximum atomic E-state index is 12.0. The van der Waals surface area contributed by atoms with Crippen molar-refractivity contribution >= 4 is 33.2 Å². The fourth-order valence-electron chi connectivity index (χ4n) is 1.58. The van der Waals surface area contributed by atoms with Crippen LogP contribution in [0, 0.1) is 11.3 Å². The number of nitriles is 1. The molecule has 0 saturated heterocycles. The van der Waals surface area contributed by atoms with Crippen molar-refractivity contribution in [3.05, 3.63) is 40.1 Å². The smallest absolute Gasteiger partial charge is 0.278 e. The zero-order chi connectivity index (χ0) is 14.0. The maximum Gasteiger partial charge on any atom is 0.278 e. The van der Waals surface area contributed by atoms with E-state index in [0.29, 0.717) is 11.3 Å². The van der Waals surface area contributed by atoms with Crippen molar-refractivity contribution in [3.8, 4) is 6.07 Å². The van der Waals surface area contributed by atoms with Gasteiger partial charge in [-0.2, -0.15) is 10.4 Å². The number of hydrogen-bond donors (Lipinski definition) is 2. The number of carbonyl (C=O) groups is 1. The minimum absolute atomic E-state index is 0.134. The molecule has 3 N–H and O–H groups in total. The van der Waals surface area contributed by atoms with Gasteiger partial charge in [0.2, 0.25) is 0 Å². The molecule has 2 rings (SSSR count). The first-order chi connectivity index (χ1) is 9.01. The van der Waals surface area contributed by atoms with Gasteiger partial charge in [0.25, 0.3) is 5.91 Å². The number of carbonyl (C=O) groups excluding carboxylic acids is 1. The van der Waals surface area contributed by atoms with Crippen LogP contribution >= 0.6 is 15.9 Å². The fourth-order valence-corrected chi connectivity index (χ4v) is 1.94. The van der Waals surface area contributed by atoms with Crippen LogP contribution in [0.15, 0.2) is 28.9 Å². The number of nitrogen functional groups attached to an aromatic ring is 1. The van der Waals surface area contributed by atoms with Gasteiger partial charge in [-0.1, -0.05) is 15.9 Å². The molecule has 0 atom stereocenters. The summed E-state index contributed by atoms with van der Waals surface area (Å²) in [5, 5.41) is 15.6. The second-order valence-electron chi connectivity index (χ2n) is 3.86. The SMILES string of the molecule is Cn1cc(N)c(C(=O)Nc2ccc(Br)cc2C#N)n1. The molecule has 6 nitrogen and oxygen atoms in total. The minimum Gasteiger partial charge on any atom is -0.396 e. The number of amides is 1. The number of halogens is 1. The number of rotatable bonds is 2.